The van der Waals surface area contributed by atoms with Gasteiger partial charge >= 0.3 is 0 Å². The van der Waals surface area contributed by atoms with Crippen LogP contribution in [0.2, 0.25) is 0 Å². The molecule has 0 aromatic heterocycles. The van der Waals surface area contributed by atoms with E-state index in [1.165, 1.54) is 4.90 Å². The van der Waals surface area contributed by atoms with Gasteiger partial charge in [0, 0.05) is 24.2 Å². The van der Waals surface area contributed by atoms with Gasteiger partial charge in [-0.15, -0.1) is 0 Å². The first-order valence-corrected chi connectivity index (χ1v) is 6.66. The first-order valence-electron chi connectivity index (χ1n) is 6.66. The van der Waals surface area contributed by atoms with Crippen molar-refractivity contribution in [2.45, 2.75) is 38.3 Å². The van der Waals surface area contributed by atoms with Crippen LogP contribution in [-0.2, 0) is 9.59 Å². The Balaban J connectivity index is 2.20. The number of hydrogen-bond acceptors (Lipinski definition) is 3. The molecular formula is C15H20N2O3. The SMILES string of the molecule is CC(C)(C)NC(=O)[C@@]1(O)CCN(c2ccccc2)C1=O. The number of anilines is 1. The Morgan fingerprint density at radius 1 is 1.30 bits per heavy atom. The van der Waals surface area contributed by atoms with Crippen LogP contribution in [0.5, 0.6) is 0 Å². The highest BCUT2D eigenvalue weighted by Crippen LogP contribution is 2.28. The van der Waals surface area contributed by atoms with E-state index in [0.717, 1.165) is 0 Å². The molecule has 5 heteroatoms. The maximum absolute atomic E-state index is 12.4. The fraction of sp³-hybridized carbons (Fsp3) is 0.467. The van der Waals surface area contributed by atoms with Crippen LogP contribution in [0, 0.1) is 0 Å². The second-order valence-electron chi connectivity index (χ2n) is 6.11. The summed E-state index contributed by atoms with van der Waals surface area (Å²) in [6, 6.07) is 9.05. The van der Waals surface area contributed by atoms with E-state index in [2.05, 4.69) is 5.32 Å². The summed E-state index contributed by atoms with van der Waals surface area (Å²) in [6.07, 6.45) is 0.0998. The van der Waals surface area contributed by atoms with Gasteiger partial charge in [-0.3, -0.25) is 9.59 Å². The Bertz CT molecular complexity index is 522. The molecule has 0 radical (unpaired) electrons. The maximum Gasteiger partial charge on any atom is 0.268 e. The standard InChI is InChI=1S/C15H20N2O3/c1-14(2,3)16-12(18)15(20)9-10-17(13(15)19)11-7-5-4-6-8-11/h4-8,20H,9-10H2,1-3H3,(H,16,18)/t15-/m0/s1. The largest absolute Gasteiger partial charge is 0.372 e. The molecule has 20 heavy (non-hydrogen) atoms. The minimum Gasteiger partial charge on any atom is -0.372 e. The number of carbonyl (C=O) groups is 2. The number of nitrogens with one attached hydrogen (secondary N) is 1. The number of hydrogen-bond donors (Lipinski definition) is 2. The number of carbonyl (C=O) groups excluding carboxylic acids is 2. The van der Waals surface area contributed by atoms with Crippen LogP contribution in [-0.4, -0.2) is 34.6 Å². The van der Waals surface area contributed by atoms with Gasteiger partial charge in [-0.1, -0.05) is 18.2 Å². The van der Waals surface area contributed by atoms with Crippen molar-refractivity contribution in [1.29, 1.82) is 0 Å². The fourth-order valence-corrected chi connectivity index (χ4v) is 2.21. The average molecular weight is 276 g/mol. The van der Waals surface area contributed by atoms with Crippen molar-refractivity contribution >= 4 is 17.5 Å². The summed E-state index contributed by atoms with van der Waals surface area (Å²) >= 11 is 0. The molecule has 1 aliphatic heterocycles. The van der Waals surface area contributed by atoms with Gasteiger partial charge in [0.25, 0.3) is 11.8 Å². The Morgan fingerprint density at radius 3 is 2.45 bits per heavy atom. The highest BCUT2D eigenvalue weighted by atomic mass is 16.3. The Hall–Kier alpha value is -1.88. The third-order valence-corrected chi connectivity index (χ3v) is 3.23. The zero-order chi connectivity index (χ0) is 15.0. The van der Waals surface area contributed by atoms with Crippen molar-refractivity contribution < 1.29 is 14.7 Å². The van der Waals surface area contributed by atoms with E-state index < -0.39 is 23.0 Å². The van der Waals surface area contributed by atoms with Crippen molar-refractivity contribution in [2.24, 2.45) is 0 Å². The highest BCUT2D eigenvalue weighted by Gasteiger charge is 2.52. The van der Waals surface area contributed by atoms with E-state index in [-0.39, 0.29) is 6.42 Å². The smallest absolute Gasteiger partial charge is 0.268 e. The molecule has 2 rings (SSSR count). The Morgan fingerprint density at radius 2 is 1.90 bits per heavy atom. The summed E-state index contributed by atoms with van der Waals surface area (Å²) < 4.78 is 0. The molecule has 5 nitrogen and oxygen atoms in total. The number of aliphatic hydroxyl groups is 1. The topological polar surface area (TPSA) is 69.6 Å². The van der Waals surface area contributed by atoms with Crippen molar-refractivity contribution in [3.8, 4) is 0 Å². The lowest BCUT2D eigenvalue weighted by molar-refractivity contribution is -0.150. The number of benzene rings is 1. The molecule has 1 fully saturated rings. The minimum absolute atomic E-state index is 0.0998. The molecule has 1 aliphatic rings. The van der Waals surface area contributed by atoms with E-state index in [0.29, 0.717) is 12.2 Å². The van der Waals surface area contributed by atoms with Gasteiger partial charge in [0.2, 0.25) is 5.60 Å². The van der Waals surface area contributed by atoms with Crippen LogP contribution in [0.15, 0.2) is 30.3 Å². The average Bonchev–Trinajstić information content (AvgIpc) is 2.67. The lowest BCUT2D eigenvalue weighted by Gasteiger charge is -2.27. The van der Waals surface area contributed by atoms with Gasteiger partial charge in [-0.05, 0) is 32.9 Å². The van der Waals surface area contributed by atoms with Gasteiger partial charge in [0.1, 0.15) is 0 Å². The number of nitrogens with zero attached hydrogens (tertiary/aromatic N) is 1. The van der Waals surface area contributed by atoms with Crippen LogP contribution in [0.1, 0.15) is 27.2 Å². The molecule has 108 valence electrons. The second-order valence-corrected chi connectivity index (χ2v) is 6.11. The Kier molecular flexibility index (Phi) is 3.56. The molecule has 0 aliphatic carbocycles. The molecule has 2 amide bonds. The molecule has 0 saturated carbocycles. The predicted octanol–water partition coefficient (Wildman–Crippen LogP) is 1.07. The molecule has 2 N–H and O–H groups in total. The summed E-state index contributed by atoms with van der Waals surface area (Å²) in [5.41, 5.74) is -1.77. The van der Waals surface area contributed by atoms with Crippen molar-refractivity contribution in [3.05, 3.63) is 30.3 Å². The molecule has 1 aromatic rings. The first kappa shape index (κ1) is 14.5. The number of para-hydroxylation sites is 1. The molecule has 0 unspecified atom stereocenters. The van der Waals surface area contributed by atoms with Crippen LogP contribution in [0.4, 0.5) is 5.69 Å². The highest BCUT2D eigenvalue weighted by molar-refractivity contribution is 6.16. The summed E-state index contributed by atoms with van der Waals surface area (Å²) in [5.74, 6) is -1.20. The van der Waals surface area contributed by atoms with E-state index in [4.69, 9.17) is 0 Å². The number of rotatable bonds is 2. The third-order valence-electron chi connectivity index (χ3n) is 3.23. The van der Waals surface area contributed by atoms with Crippen molar-refractivity contribution in [1.82, 2.24) is 5.32 Å². The lowest BCUT2D eigenvalue weighted by atomic mass is 9.99. The van der Waals surface area contributed by atoms with Crippen LogP contribution in [0.3, 0.4) is 0 Å². The molecule has 1 heterocycles. The van der Waals surface area contributed by atoms with E-state index in [1.54, 1.807) is 12.1 Å². The van der Waals surface area contributed by atoms with E-state index >= 15 is 0 Å². The van der Waals surface area contributed by atoms with Crippen LogP contribution < -0.4 is 10.2 Å². The number of amides is 2. The van der Waals surface area contributed by atoms with Gasteiger partial charge in [0.05, 0.1) is 0 Å². The minimum atomic E-state index is -1.97. The summed E-state index contributed by atoms with van der Waals surface area (Å²) in [6.45, 7) is 5.75. The Labute approximate surface area is 118 Å². The van der Waals surface area contributed by atoms with Crippen molar-refractivity contribution in [2.75, 3.05) is 11.4 Å². The van der Waals surface area contributed by atoms with Gasteiger partial charge in [-0.2, -0.15) is 0 Å². The van der Waals surface area contributed by atoms with Gasteiger partial charge in [0.15, 0.2) is 0 Å². The summed E-state index contributed by atoms with van der Waals surface area (Å²) in [4.78, 5) is 26.0. The predicted molar refractivity (Wildman–Crippen MR) is 76.3 cm³/mol. The fourth-order valence-electron chi connectivity index (χ4n) is 2.21. The molecule has 0 bridgehead atoms. The molecule has 1 atom stereocenters. The summed E-state index contributed by atoms with van der Waals surface area (Å²) in [5, 5.41) is 13.1. The normalized spacial score (nSPS) is 23.0. The second kappa shape index (κ2) is 4.90. The monoisotopic (exact) mass is 276 g/mol. The van der Waals surface area contributed by atoms with Crippen LogP contribution >= 0.6 is 0 Å². The van der Waals surface area contributed by atoms with Gasteiger partial charge < -0.3 is 15.3 Å². The van der Waals surface area contributed by atoms with E-state index in [9.17, 15) is 14.7 Å². The maximum atomic E-state index is 12.4. The quantitative estimate of drug-likeness (QED) is 0.794. The van der Waals surface area contributed by atoms with Gasteiger partial charge in [-0.25, -0.2) is 0 Å². The lowest BCUT2D eigenvalue weighted by Crippen LogP contribution is -2.56. The zero-order valence-electron chi connectivity index (χ0n) is 12.0. The molecule has 0 spiro atoms. The molecule has 1 saturated heterocycles. The zero-order valence-corrected chi connectivity index (χ0v) is 12.0. The third kappa shape index (κ3) is 2.67. The van der Waals surface area contributed by atoms with E-state index in [1.807, 2.05) is 39.0 Å². The van der Waals surface area contributed by atoms with Crippen LogP contribution in [0.25, 0.3) is 0 Å². The molecular weight excluding hydrogens is 256 g/mol. The summed E-state index contributed by atoms with van der Waals surface area (Å²) in [7, 11) is 0. The first-order chi connectivity index (χ1) is 9.24. The van der Waals surface area contributed by atoms with Crippen molar-refractivity contribution in [3.63, 3.8) is 0 Å². The molecule has 1 aromatic carbocycles.